The van der Waals surface area contributed by atoms with Crippen LogP contribution in [0.1, 0.15) is 178 Å². The Labute approximate surface area is 206 Å². The first-order valence-corrected chi connectivity index (χ1v) is 14.1. The Balaban J connectivity index is -0.000000286. The lowest BCUT2D eigenvalue weighted by Gasteiger charge is -2.34. The highest BCUT2D eigenvalue weighted by atomic mass is 19.0. The Morgan fingerprint density at radius 1 is 0.375 bits per heavy atom. The van der Waals surface area contributed by atoms with Crippen LogP contribution in [0.2, 0.25) is 0 Å². The van der Waals surface area contributed by atoms with Crippen LogP contribution in [0.15, 0.2) is 0 Å². The smallest absolute Gasteiger partial charge is 0.0411 e. The summed E-state index contributed by atoms with van der Waals surface area (Å²) in [7, 11) is 0. The van der Waals surface area contributed by atoms with Crippen molar-refractivity contribution in [3.8, 4) is 0 Å². The summed E-state index contributed by atoms with van der Waals surface area (Å²) in [6, 6.07) is 0. The molecule has 0 saturated heterocycles. The average Bonchev–Trinajstić information content (AvgIpc) is 2.73. The number of hydrogen-bond donors (Lipinski definition) is 0. The van der Waals surface area contributed by atoms with Crippen LogP contribution in [0, 0.1) is 23.7 Å². The molecule has 0 atom stereocenters. The quantitative estimate of drug-likeness (QED) is 0.391. The zero-order valence-corrected chi connectivity index (χ0v) is 22.2. The van der Waals surface area contributed by atoms with Crippen molar-refractivity contribution >= 4 is 0 Å². The molecule has 0 aromatic heterocycles. The van der Waals surface area contributed by atoms with E-state index < -0.39 is 0 Å². The van der Waals surface area contributed by atoms with E-state index in [0.717, 1.165) is 23.7 Å². The molecule has 1 heteroatoms. The lowest BCUT2D eigenvalue weighted by molar-refractivity contribution is 0.182. The first-order chi connectivity index (χ1) is 14.1. The second-order valence-electron chi connectivity index (χ2n) is 10.5. The van der Waals surface area contributed by atoms with E-state index in [2.05, 4.69) is 41.5 Å². The highest BCUT2D eigenvalue weighted by molar-refractivity contribution is 4.79. The van der Waals surface area contributed by atoms with Gasteiger partial charge in [0.1, 0.15) is 0 Å². The van der Waals surface area contributed by atoms with Gasteiger partial charge in [-0.2, -0.15) is 0 Å². The Kier molecular flexibility index (Phi) is 35.4. The molecule has 3 aliphatic rings. The van der Waals surface area contributed by atoms with Crippen LogP contribution < -0.4 is 0 Å². The summed E-state index contributed by atoms with van der Waals surface area (Å²) < 4.78 is 0. The summed E-state index contributed by atoms with van der Waals surface area (Å²) in [5, 5.41) is 0. The Bertz CT molecular complexity index is 261. The molecule has 0 aromatic carbocycles. The fourth-order valence-electron chi connectivity index (χ4n) is 5.49. The van der Waals surface area contributed by atoms with Crippen molar-refractivity contribution < 1.29 is 4.70 Å². The minimum Gasteiger partial charge on any atom is -0.269 e. The van der Waals surface area contributed by atoms with Crippen molar-refractivity contribution in [2.24, 2.45) is 23.7 Å². The van der Waals surface area contributed by atoms with Gasteiger partial charge in [-0.15, -0.1) is 0 Å². The number of halogens is 1. The van der Waals surface area contributed by atoms with Crippen LogP contribution in [0.5, 0.6) is 0 Å². The van der Waals surface area contributed by atoms with Gasteiger partial charge in [0.05, 0.1) is 0 Å². The average molecular weight is 461 g/mol. The van der Waals surface area contributed by atoms with Gasteiger partial charge < -0.3 is 0 Å². The summed E-state index contributed by atoms with van der Waals surface area (Å²) in [6.07, 6.45) is 28.6. The highest BCUT2D eigenvalue weighted by Crippen LogP contribution is 2.40. The molecule has 3 aliphatic carbocycles. The normalized spacial score (nSPS) is 23.1. The van der Waals surface area contributed by atoms with E-state index >= 15 is 0 Å². The van der Waals surface area contributed by atoms with E-state index in [9.17, 15) is 0 Å². The lowest BCUT2D eigenvalue weighted by Crippen LogP contribution is -2.21. The van der Waals surface area contributed by atoms with Crippen LogP contribution in [0.4, 0.5) is 4.70 Å². The summed E-state index contributed by atoms with van der Waals surface area (Å²) in [5.41, 5.74) is 0. The predicted molar refractivity (Wildman–Crippen MR) is 152 cm³/mol. The highest BCUT2D eigenvalue weighted by Gasteiger charge is 2.26. The van der Waals surface area contributed by atoms with E-state index in [1.54, 1.807) is 64.2 Å². The van der Waals surface area contributed by atoms with Gasteiger partial charge in [0, 0.05) is 0 Å². The number of hydrogen-bond acceptors (Lipinski definition) is 0. The van der Waals surface area contributed by atoms with Crippen molar-refractivity contribution in [1.29, 1.82) is 0 Å². The van der Waals surface area contributed by atoms with Crippen molar-refractivity contribution in [1.82, 2.24) is 0 Å². The fraction of sp³-hybridized carbons (Fsp3) is 1.00. The first-order valence-electron chi connectivity index (χ1n) is 14.1. The molecular weight excluding hydrogens is 391 g/mol. The van der Waals surface area contributed by atoms with Gasteiger partial charge in [-0.25, -0.2) is 0 Å². The predicted octanol–water partition coefficient (Wildman–Crippen LogP) is 12.4. The molecule has 0 spiro atoms. The molecule has 0 amide bonds. The molecular formula is C31H69F. The maximum absolute atomic E-state index is 2.12. The minimum absolute atomic E-state index is 0. The fourth-order valence-corrected chi connectivity index (χ4v) is 5.49. The van der Waals surface area contributed by atoms with E-state index in [1.165, 1.54) is 57.8 Å². The van der Waals surface area contributed by atoms with Gasteiger partial charge in [-0.05, 0) is 36.5 Å². The monoisotopic (exact) mass is 461 g/mol. The zero-order chi connectivity index (χ0) is 21.7. The first kappa shape index (κ1) is 39.2. The molecule has 3 rings (SSSR count). The van der Waals surface area contributed by atoms with Crippen LogP contribution >= 0.6 is 0 Å². The summed E-state index contributed by atoms with van der Waals surface area (Å²) >= 11 is 0. The molecule has 0 bridgehead atoms. The third-order valence-corrected chi connectivity index (χ3v) is 6.75. The summed E-state index contributed by atoms with van der Waals surface area (Å²) in [5.74, 6) is 4.45. The van der Waals surface area contributed by atoms with Crippen LogP contribution in [0.25, 0.3) is 0 Å². The molecule has 0 unspecified atom stereocenters. The Hall–Kier alpha value is -0.0700. The maximum Gasteiger partial charge on any atom is -0.0411 e. The second-order valence-corrected chi connectivity index (χ2v) is 10.5. The van der Waals surface area contributed by atoms with Crippen molar-refractivity contribution in [3.05, 3.63) is 0 Å². The Morgan fingerprint density at radius 3 is 0.781 bits per heavy atom. The van der Waals surface area contributed by atoms with Crippen LogP contribution in [0.3, 0.4) is 0 Å². The zero-order valence-electron chi connectivity index (χ0n) is 22.2. The van der Waals surface area contributed by atoms with E-state index in [1.807, 2.05) is 0 Å². The summed E-state index contributed by atoms with van der Waals surface area (Å²) in [6.45, 7) is 12.8. The van der Waals surface area contributed by atoms with Crippen molar-refractivity contribution in [2.45, 2.75) is 178 Å². The largest absolute Gasteiger partial charge is 0.269 e. The van der Waals surface area contributed by atoms with Gasteiger partial charge >= 0.3 is 0 Å². The minimum atomic E-state index is 0. The van der Waals surface area contributed by atoms with Crippen molar-refractivity contribution in [2.75, 3.05) is 0 Å². The van der Waals surface area contributed by atoms with Crippen LogP contribution in [-0.2, 0) is 0 Å². The summed E-state index contributed by atoms with van der Waals surface area (Å²) in [4.78, 5) is 0. The molecule has 0 heterocycles. The SMILES string of the molecule is C.C.C1CCC(CC2CCC(CC3CCCCC3)CC2)CC1.CCC.CCC.CCC.F. The van der Waals surface area contributed by atoms with Gasteiger partial charge in [-0.1, -0.05) is 166 Å². The van der Waals surface area contributed by atoms with E-state index in [4.69, 9.17) is 0 Å². The van der Waals surface area contributed by atoms with Gasteiger partial charge in [0.15, 0.2) is 0 Å². The molecule has 0 nitrogen and oxygen atoms in total. The van der Waals surface area contributed by atoms with Crippen molar-refractivity contribution in [3.63, 3.8) is 0 Å². The van der Waals surface area contributed by atoms with E-state index in [0.29, 0.717) is 0 Å². The van der Waals surface area contributed by atoms with E-state index in [-0.39, 0.29) is 19.6 Å². The molecule has 0 aliphatic heterocycles. The Morgan fingerprint density at radius 2 is 0.562 bits per heavy atom. The molecule has 0 N–H and O–H groups in total. The lowest BCUT2D eigenvalue weighted by atomic mass is 9.72. The molecule has 0 aromatic rings. The van der Waals surface area contributed by atoms with Gasteiger partial charge in [-0.3, -0.25) is 4.70 Å². The van der Waals surface area contributed by atoms with Crippen LogP contribution in [-0.4, -0.2) is 0 Å². The standard InChI is InChI=1S/C20H36.3C3H8.2CH4.FH/c1-3-7-17(8-4-1)15-19-11-13-20(14-12-19)16-18-9-5-2-6-10-18;3*1-3-2;;;/h17-20H,1-16H2;3*3H2,1-2H3;2*1H4;1H. The third kappa shape index (κ3) is 21.8. The van der Waals surface area contributed by atoms with Gasteiger partial charge in [0.25, 0.3) is 0 Å². The second kappa shape index (κ2) is 29.0. The molecule has 0 radical (unpaired) electrons. The topological polar surface area (TPSA) is 0 Å². The molecule has 3 fully saturated rings. The van der Waals surface area contributed by atoms with Gasteiger partial charge in [0.2, 0.25) is 0 Å². The third-order valence-electron chi connectivity index (χ3n) is 6.75. The maximum atomic E-state index is 2.12. The number of rotatable bonds is 4. The molecule has 200 valence electrons. The molecule has 3 saturated carbocycles. The molecule has 32 heavy (non-hydrogen) atoms.